The minimum Gasteiger partial charge on any atom is -0.507 e. The maximum Gasteiger partial charge on any atom is 0.301 e. The van der Waals surface area contributed by atoms with Crippen molar-refractivity contribution in [2.24, 2.45) is 0 Å². The number of nitrogens with zero attached hydrogens (tertiary/aromatic N) is 2. The Kier molecular flexibility index (Phi) is 4.93. The second-order valence-electron chi connectivity index (χ2n) is 6.65. The second-order valence-corrected chi connectivity index (χ2v) is 6.65. The SMILES string of the molecule is COc1cc(C2/C(=C(\O)c3ccccc3)C(=O)C(=O)N2c2ccccn2)ccc1O. The molecule has 7 heteroatoms. The van der Waals surface area contributed by atoms with Crippen LogP contribution in [0.3, 0.4) is 0 Å². The van der Waals surface area contributed by atoms with E-state index < -0.39 is 17.7 Å². The van der Waals surface area contributed by atoms with Gasteiger partial charge in [-0.3, -0.25) is 14.5 Å². The van der Waals surface area contributed by atoms with Crippen LogP contribution in [-0.4, -0.2) is 34.0 Å². The first kappa shape index (κ1) is 19.2. The van der Waals surface area contributed by atoms with Gasteiger partial charge in [0.2, 0.25) is 0 Å². The fourth-order valence-electron chi connectivity index (χ4n) is 3.50. The monoisotopic (exact) mass is 402 g/mol. The predicted octanol–water partition coefficient (Wildman–Crippen LogP) is 3.42. The number of aliphatic hydroxyl groups excluding tert-OH is 1. The minimum atomic E-state index is -0.949. The van der Waals surface area contributed by atoms with Crippen LogP contribution >= 0.6 is 0 Å². The highest BCUT2D eigenvalue weighted by Crippen LogP contribution is 2.43. The first-order valence-electron chi connectivity index (χ1n) is 9.17. The van der Waals surface area contributed by atoms with Crippen LogP contribution in [0.2, 0.25) is 0 Å². The molecule has 4 rings (SSSR count). The Bertz CT molecular complexity index is 1140. The van der Waals surface area contributed by atoms with E-state index in [1.54, 1.807) is 54.6 Å². The molecule has 7 nitrogen and oxygen atoms in total. The summed E-state index contributed by atoms with van der Waals surface area (Å²) in [6.07, 6.45) is 1.51. The van der Waals surface area contributed by atoms with E-state index in [9.17, 15) is 19.8 Å². The second kappa shape index (κ2) is 7.71. The topological polar surface area (TPSA) is 100.0 Å². The van der Waals surface area contributed by atoms with Crippen LogP contribution in [0.1, 0.15) is 17.2 Å². The van der Waals surface area contributed by atoms with Gasteiger partial charge in [-0.05, 0) is 29.8 Å². The molecule has 1 unspecified atom stereocenters. The molecule has 1 aliphatic heterocycles. The number of carbonyl (C=O) groups excluding carboxylic acids is 2. The Hall–Kier alpha value is -4.13. The summed E-state index contributed by atoms with van der Waals surface area (Å²) in [5, 5.41) is 20.9. The number of methoxy groups -OCH3 is 1. The number of pyridine rings is 1. The van der Waals surface area contributed by atoms with Crippen molar-refractivity contribution in [3.63, 3.8) is 0 Å². The highest BCUT2D eigenvalue weighted by Gasteiger charge is 2.47. The van der Waals surface area contributed by atoms with Crippen LogP contribution in [0, 0.1) is 0 Å². The molecular formula is C23H18N2O5. The van der Waals surface area contributed by atoms with Crippen molar-refractivity contribution in [3.8, 4) is 11.5 Å². The van der Waals surface area contributed by atoms with Crippen molar-refractivity contribution in [2.75, 3.05) is 12.0 Å². The maximum atomic E-state index is 13.0. The number of aliphatic hydroxyl groups is 1. The molecule has 30 heavy (non-hydrogen) atoms. The number of aromatic hydroxyl groups is 1. The van der Waals surface area contributed by atoms with Crippen LogP contribution in [0.25, 0.3) is 5.76 Å². The highest BCUT2D eigenvalue weighted by molar-refractivity contribution is 6.51. The molecule has 0 bridgehead atoms. The lowest BCUT2D eigenvalue weighted by Gasteiger charge is -2.24. The molecule has 1 fully saturated rings. The van der Waals surface area contributed by atoms with Crippen molar-refractivity contribution >= 4 is 23.3 Å². The predicted molar refractivity (Wildman–Crippen MR) is 110 cm³/mol. The first-order valence-corrected chi connectivity index (χ1v) is 9.17. The fourth-order valence-corrected chi connectivity index (χ4v) is 3.50. The average molecular weight is 402 g/mol. The van der Waals surface area contributed by atoms with Gasteiger partial charge in [-0.25, -0.2) is 4.98 Å². The summed E-state index contributed by atoms with van der Waals surface area (Å²) in [5.74, 6) is -1.55. The van der Waals surface area contributed by atoms with Gasteiger partial charge in [0, 0.05) is 11.8 Å². The van der Waals surface area contributed by atoms with E-state index in [2.05, 4.69) is 4.98 Å². The number of aromatic nitrogens is 1. The van der Waals surface area contributed by atoms with Crippen molar-refractivity contribution in [1.82, 2.24) is 4.98 Å². The molecule has 0 saturated carbocycles. The molecule has 1 amide bonds. The van der Waals surface area contributed by atoms with Gasteiger partial charge in [0.1, 0.15) is 11.6 Å². The molecule has 0 radical (unpaired) electrons. The summed E-state index contributed by atoms with van der Waals surface area (Å²) in [5.41, 5.74) is 0.823. The molecule has 150 valence electrons. The standard InChI is InChI=1S/C23H18N2O5/c1-30-17-13-15(10-11-16(17)26)20-19(21(27)14-7-3-2-4-8-14)22(28)23(29)25(20)18-9-5-6-12-24-18/h2-13,20,26-27H,1H3/b21-19+. The van der Waals surface area contributed by atoms with Crippen molar-refractivity contribution in [2.45, 2.75) is 6.04 Å². The summed E-state index contributed by atoms with van der Waals surface area (Å²) in [7, 11) is 1.40. The highest BCUT2D eigenvalue weighted by atomic mass is 16.5. The smallest absolute Gasteiger partial charge is 0.301 e. The number of phenols is 1. The molecule has 0 spiro atoms. The number of ketones is 1. The average Bonchev–Trinajstić information content (AvgIpc) is 3.05. The molecular weight excluding hydrogens is 384 g/mol. The van der Waals surface area contributed by atoms with Gasteiger partial charge in [0.25, 0.3) is 5.78 Å². The van der Waals surface area contributed by atoms with Crippen molar-refractivity contribution in [1.29, 1.82) is 0 Å². The fraction of sp³-hybridized carbons (Fsp3) is 0.0870. The number of hydrogen-bond acceptors (Lipinski definition) is 6. The molecule has 0 aliphatic carbocycles. The summed E-state index contributed by atoms with van der Waals surface area (Å²) in [6.45, 7) is 0. The minimum absolute atomic E-state index is 0.0652. The molecule has 1 aromatic heterocycles. The summed E-state index contributed by atoms with van der Waals surface area (Å²) >= 11 is 0. The van der Waals surface area contributed by atoms with Crippen molar-refractivity contribution in [3.05, 3.63) is 89.6 Å². The Labute approximate surface area is 172 Å². The van der Waals surface area contributed by atoms with Gasteiger partial charge in [0.15, 0.2) is 11.5 Å². The Morgan fingerprint density at radius 1 is 1.03 bits per heavy atom. The molecule has 2 aromatic carbocycles. The zero-order valence-electron chi connectivity index (χ0n) is 16.0. The normalized spacial score (nSPS) is 17.9. The van der Waals surface area contributed by atoms with Crippen LogP contribution in [-0.2, 0) is 9.59 Å². The van der Waals surface area contributed by atoms with Crippen LogP contribution in [0.4, 0.5) is 5.82 Å². The maximum absolute atomic E-state index is 13.0. The Balaban J connectivity index is 1.97. The van der Waals surface area contributed by atoms with E-state index >= 15 is 0 Å². The largest absolute Gasteiger partial charge is 0.507 e. The zero-order valence-corrected chi connectivity index (χ0v) is 16.0. The number of carbonyl (C=O) groups is 2. The van der Waals surface area contributed by atoms with E-state index in [-0.39, 0.29) is 28.6 Å². The molecule has 2 heterocycles. The van der Waals surface area contributed by atoms with Gasteiger partial charge in [0.05, 0.1) is 18.7 Å². The van der Waals surface area contributed by atoms with Gasteiger partial charge < -0.3 is 14.9 Å². The number of anilines is 1. The third-order valence-electron chi connectivity index (χ3n) is 4.91. The lowest BCUT2D eigenvalue weighted by atomic mass is 9.95. The summed E-state index contributed by atoms with van der Waals surface area (Å²) < 4.78 is 5.19. The van der Waals surface area contributed by atoms with E-state index in [4.69, 9.17) is 4.74 Å². The first-order chi connectivity index (χ1) is 14.5. The van der Waals surface area contributed by atoms with Crippen LogP contribution in [0.5, 0.6) is 11.5 Å². The third kappa shape index (κ3) is 3.16. The number of phenolic OH excluding ortho intramolecular Hbond substituents is 1. The van der Waals surface area contributed by atoms with Crippen molar-refractivity contribution < 1.29 is 24.5 Å². The van der Waals surface area contributed by atoms with Crippen LogP contribution < -0.4 is 9.64 Å². The summed E-state index contributed by atoms with van der Waals surface area (Å²) in [4.78, 5) is 31.4. The van der Waals surface area contributed by atoms with Crippen LogP contribution in [0.15, 0.2) is 78.5 Å². The molecule has 3 aromatic rings. The lowest BCUT2D eigenvalue weighted by molar-refractivity contribution is -0.132. The number of amides is 1. The Morgan fingerprint density at radius 2 is 1.77 bits per heavy atom. The molecule has 1 aliphatic rings. The van der Waals surface area contributed by atoms with E-state index in [0.29, 0.717) is 11.1 Å². The summed E-state index contributed by atoms with van der Waals surface area (Å²) in [6, 6.07) is 17.1. The number of Topliss-reactive ketones (excluding diaryl/α,β-unsaturated/α-hetero) is 1. The quantitative estimate of drug-likeness (QED) is 0.394. The number of ether oxygens (including phenoxy) is 1. The van der Waals surface area contributed by atoms with Gasteiger partial charge in [-0.2, -0.15) is 0 Å². The van der Waals surface area contributed by atoms with Gasteiger partial charge in [-0.1, -0.05) is 42.5 Å². The molecule has 1 saturated heterocycles. The van der Waals surface area contributed by atoms with E-state index in [0.717, 1.165) is 0 Å². The van der Waals surface area contributed by atoms with Gasteiger partial charge in [-0.15, -0.1) is 0 Å². The lowest BCUT2D eigenvalue weighted by Crippen LogP contribution is -2.30. The van der Waals surface area contributed by atoms with E-state index in [1.165, 1.54) is 30.3 Å². The third-order valence-corrected chi connectivity index (χ3v) is 4.91. The van der Waals surface area contributed by atoms with Gasteiger partial charge >= 0.3 is 5.91 Å². The molecule has 1 atom stereocenters. The van der Waals surface area contributed by atoms with E-state index in [1.807, 2.05) is 0 Å². The number of rotatable bonds is 4. The number of hydrogen-bond donors (Lipinski definition) is 2. The number of benzene rings is 2. The Morgan fingerprint density at radius 3 is 2.43 bits per heavy atom. The zero-order chi connectivity index (χ0) is 21.3. The molecule has 2 N–H and O–H groups in total.